The largest absolute Gasteiger partial charge is 0.248 e. The minimum atomic E-state index is 0.419. The van der Waals surface area contributed by atoms with Crippen molar-refractivity contribution in [2.24, 2.45) is 0 Å². The summed E-state index contributed by atoms with van der Waals surface area (Å²) >= 11 is 0. The van der Waals surface area contributed by atoms with E-state index < -0.39 is 0 Å². The van der Waals surface area contributed by atoms with Crippen LogP contribution in [-0.2, 0) is 6.42 Å². The Hall–Kier alpha value is -0.860. The van der Waals surface area contributed by atoms with Crippen molar-refractivity contribution in [1.29, 1.82) is 0 Å². The fourth-order valence-electron chi connectivity index (χ4n) is 1.10. The van der Waals surface area contributed by atoms with E-state index in [1.165, 1.54) is 0 Å². The summed E-state index contributed by atoms with van der Waals surface area (Å²) in [5.74, 6) is 1.95. The van der Waals surface area contributed by atoms with Gasteiger partial charge in [0, 0.05) is 12.5 Å². The minimum absolute atomic E-state index is 0.419. The quantitative estimate of drug-likeness (QED) is 0.647. The summed E-state index contributed by atoms with van der Waals surface area (Å²) in [4.78, 5) is 4.30. The Morgan fingerprint density at radius 3 is 2.36 bits per heavy atom. The highest BCUT2D eigenvalue weighted by Crippen LogP contribution is 2.06. The second-order valence-electron chi connectivity index (χ2n) is 2.97. The highest BCUT2D eigenvalue weighted by molar-refractivity contribution is 4.91. The molecule has 0 spiro atoms. The molecule has 62 valence electrons. The molecule has 3 nitrogen and oxygen atoms in total. The molecule has 0 atom stereocenters. The molecule has 0 fully saturated rings. The first-order valence-electron chi connectivity index (χ1n) is 4.07. The lowest BCUT2D eigenvalue weighted by molar-refractivity contribution is 0.513. The Morgan fingerprint density at radius 1 is 1.45 bits per heavy atom. The lowest BCUT2D eigenvalue weighted by Crippen LogP contribution is -2.05. The molecule has 0 N–H and O–H groups in total. The lowest BCUT2D eigenvalue weighted by Gasteiger charge is -2.04. The van der Waals surface area contributed by atoms with E-state index in [-0.39, 0.29) is 0 Å². The highest BCUT2D eigenvalue weighted by Gasteiger charge is 2.05. The first-order chi connectivity index (χ1) is 5.15. The molecule has 11 heavy (non-hydrogen) atoms. The average Bonchev–Trinajstić information content (AvgIpc) is 2.30. The van der Waals surface area contributed by atoms with Crippen LogP contribution in [0.15, 0.2) is 0 Å². The third kappa shape index (κ3) is 1.59. The summed E-state index contributed by atoms with van der Waals surface area (Å²) in [5, 5.41) is 4.33. The van der Waals surface area contributed by atoms with E-state index in [9.17, 15) is 0 Å². The van der Waals surface area contributed by atoms with E-state index >= 15 is 0 Å². The second-order valence-corrected chi connectivity index (χ2v) is 2.97. The van der Waals surface area contributed by atoms with Gasteiger partial charge in [-0.15, -0.1) is 0 Å². The maximum absolute atomic E-state index is 4.33. The summed E-state index contributed by atoms with van der Waals surface area (Å²) in [6.07, 6.45) is 0.917. The fraction of sp³-hybridized carbons (Fsp3) is 0.750. The molecule has 3 heteroatoms. The van der Waals surface area contributed by atoms with E-state index in [1.54, 1.807) is 0 Å². The Kier molecular flexibility index (Phi) is 2.27. The van der Waals surface area contributed by atoms with Crippen molar-refractivity contribution in [3.8, 4) is 0 Å². The lowest BCUT2D eigenvalue weighted by atomic mass is 10.4. The third-order valence-electron chi connectivity index (χ3n) is 1.65. The van der Waals surface area contributed by atoms with Crippen LogP contribution in [0.3, 0.4) is 0 Å². The van der Waals surface area contributed by atoms with Crippen LogP contribution in [0.25, 0.3) is 0 Å². The number of rotatable bonds is 2. The first-order valence-corrected chi connectivity index (χ1v) is 4.07. The van der Waals surface area contributed by atoms with Gasteiger partial charge in [0.2, 0.25) is 0 Å². The van der Waals surface area contributed by atoms with Gasteiger partial charge < -0.3 is 0 Å². The average molecular weight is 153 g/mol. The maximum Gasteiger partial charge on any atom is 0.150 e. The zero-order chi connectivity index (χ0) is 8.43. The molecule has 0 aliphatic carbocycles. The van der Waals surface area contributed by atoms with Crippen molar-refractivity contribution in [3.05, 3.63) is 11.6 Å². The van der Waals surface area contributed by atoms with Crippen molar-refractivity contribution in [2.75, 3.05) is 0 Å². The molecular formula is C8H15N3. The van der Waals surface area contributed by atoms with Gasteiger partial charge in [-0.3, -0.25) is 0 Å². The van der Waals surface area contributed by atoms with Crippen LogP contribution >= 0.6 is 0 Å². The van der Waals surface area contributed by atoms with E-state index in [0.29, 0.717) is 6.04 Å². The molecular weight excluding hydrogens is 138 g/mol. The van der Waals surface area contributed by atoms with Crippen molar-refractivity contribution in [3.63, 3.8) is 0 Å². The molecule has 0 aliphatic rings. The van der Waals surface area contributed by atoms with Gasteiger partial charge in [0.25, 0.3) is 0 Å². The molecule has 1 rings (SSSR count). The van der Waals surface area contributed by atoms with E-state index in [4.69, 9.17) is 0 Å². The van der Waals surface area contributed by atoms with Gasteiger partial charge in [-0.05, 0) is 20.8 Å². The first kappa shape index (κ1) is 8.24. The van der Waals surface area contributed by atoms with Crippen LogP contribution in [0.1, 0.15) is 38.5 Å². The van der Waals surface area contributed by atoms with Crippen LogP contribution in [0, 0.1) is 6.92 Å². The zero-order valence-electron chi connectivity index (χ0n) is 7.63. The van der Waals surface area contributed by atoms with Crippen molar-refractivity contribution < 1.29 is 0 Å². The van der Waals surface area contributed by atoms with Gasteiger partial charge in [-0.1, -0.05) is 6.92 Å². The van der Waals surface area contributed by atoms with Gasteiger partial charge in [-0.2, -0.15) is 5.10 Å². The molecule has 1 heterocycles. The number of aromatic nitrogens is 3. The smallest absolute Gasteiger partial charge is 0.150 e. The maximum atomic E-state index is 4.33. The summed E-state index contributed by atoms with van der Waals surface area (Å²) < 4.78 is 1.96. The van der Waals surface area contributed by atoms with Gasteiger partial charge in [0.15, 0.2) is 5.82 Å². The third-order valence-corrected chi connectivity index (χ3v) is 1.65. The van der Waals surface area contributed by atoms with E-state index in [1.807, 2.05) is 11.6 Å². The van der Waals surface area contributed by atoms with Crippen LogP contribution in [0.4, 0.5) is 0 Å². The van der Waals surface area contributed by atoms with E-state index in [2.05, 4.69) is 30.9 Å². The van der Waals surface area contributed by atoms with Crippen molar-refractivity contribution >= 4 is 0 Å². The van der Waals surface area contributed by atoms with Gasteiger partial charge in [0.1, 0.15) is 5.82 Å². The molecule has 0 saturated heterocycles. The predicted molar refractivity (Wildman–Crippen MR) is 44.5 cm³/mol. The topological polar surface area (TPSA) is 30.7 Å². The summed E-state index contributed by atoms with van der Waals surface area (Å²) in [6.45, 7) is 8.29. The highest BCUT2D eigenvalue weighted by atomic mass is 15.4. The molecule has 0 saturated carbocycles. The standard InChI is InChI=1S/C8H15N3/c1-5-8-9-7(4)11(10-8)6(2)3/h6H,5H2,1-4H3. The number of aryl methyl sites for hydroxylation is 2. The Labute approximate surface area is 67.4 Å². The van der Waals surface area contributed by atoms with Gasteiger partial charge >= 0.3 is 0 Å². The molecule has 0 aliphatic heterocycles. The Bertz CT molecular complexity index is 237. The predicted octanol–water partition coefficient (Wildman–Crippen LogP) is 1.73. The van der Waals surface area contributed by atoms with Gasteiger partial charge in [-0.25, -0.2) is 9.67 Å². The van der Waals surface area contributed by atoms with Gasteiger partial charge in [0.05, 0.1) is 0 Å². The number of hydrogen-bond donors (Lipinski definition) is 0. The van der Waals surface area contributed by atoms with Crippen molar-refractivity contribution in [2.45, 2.75) is 40.2 Å². The normalized spacial score (nSPS) is 11.0. The summed E-state index contributed by atoms with van der Waals surface area (Å²) in [7, 11) is 0. The molecule has 0 amide bonds. The molecule has 1 aromatic rings. The number of hydrogen-bond acceptors (Lipinski definition) is 2. The zero-order valence-corrected chi connectivity index (χ0v) is 7.63. The number of nitrogens with zero attached hydrogens (tertiary/aromatic N) is 3. The molecule has 0 aromatic carbocycles. The summed E-state index contributed by atoms with van der Waals surface area (Å²) in [6, 6.07) is 0.419. The van der Waals surface area contributed by atoms with Crippen LogP contribution < -0.4 is 0 Å². The minimum Gasteiger partial charge on any atom is -0.248 e. The van der Waals surface area contributed by atoms with Crippen LogP contribution in [-0.4, -0.2) is 14.8 Å². The molecule has 0 bridgehead atoms. The van der Waals surface area contributed by atoms with E-state index in [0.717, 1.165) is 18.1 Å². The second kappa shape index (κ2) is 3.03. The fourth-order valence-corrected chi connectivity index (χ4v) is 1.10. The van der Waals surface area contributed by atoms with Crippen LogP contribution in [0.2, 0.25) is 0 Å². The van der Waals surface area contributed by atoms with Crippen molar-refractivity contribution in [1.82, 2.24) is 14.8 Å². The molecule has 1 aromatic heterocycles. The monoisotopic (exact) mass is 153 g/mol. The Balaban J connectivity index is 2.97. The summed E-state index contributed by atoms with van der Waals surface area (Å²) in [5.41, 5.74) is 0. The SMILES string of the molecule is CCc1nc(C)n(C(C)C)n1. The molecule has 0 radical (unpaired) electrons. The molecule has 0 unspecified atom stereocenters. The Morgan fingerprint density at radius 2 is 2.09 bits per heavy atom. The van der Waals surface area contributed by atoms with Crippen LogP contribution in [0.5, 0.6) is 0 Å².